The van der Waals surface area contributed by atoms with Crippen molar-refractivity contribution in [2.45, 2.75) is 32.4 Å². The molecule has 0 aliphatic carbocycles. The third kappa shape index (κ3) is 4.59. The van der Waals surface area contributed by atoms with E-state index in [0.29, 0.717) is 6.04 Å². The van der Waals surface area contributed by atoms with Gasteiger partial charge in [0.05, 0.1) is 11.4 Å². The van der Waals surface area contributed by atoms with Crippen LogP contribution in [0, 0.1) is 0 Å². The van der Waals surface area contributed by atoms with Crippen LogP contribution in [0.15, 0.2) is 54.6 Å². The molecule has 2 aromatic carbocycles. The van der Waals surface area contributed by atoms with Gasteiger partial charge >= 0.3 is 0 Å². The molecule has 0 unspecified atom stereocenters. The number of anilines is 2. The van der Waals surface area contributed by atoms with Gasteiger partial charge in [-0.25, -0.2) is 0 Å². The van der Waals surface area contributed by atoms with Crippen LogP contribution in [0.1, 0.15) is 25.3 Å². The van der Waals surface area contributed by atoms with Crippen LogP contribution in [0.4, 0.5) is 11.4 Å². The number of likely N-dealkylation sites (tertiary alicyclic amines) is 1. The summed E-state index contributed by atoms with van der Waals surface area (Å²) in [6, 6.07) is 19.0. The van der Waals surface area contributed by atoms with Crippen molar-refractivity contribution in [3.63, 3.8) is 0 Å². The van der Waals surface area contributed by atoms with E-state index in [1.54, 1.807) is 6.92 Å². The molecular weight excluding hydrogens is 298 g/mol. The highest BCUT2D eigenvalue weighted by Crippen LogP contribution is 2.24. The zero-order chi connectivity index (χ0) is 16.8. The Labute approximate surface area is 143 Å². The number of rotatable bonds is 5. The predicted molar refractivity (Wildman–Crippen MR) is 99.1 cm³/mol. The summed E-state index contributed by atoms with van der Waals surface area (Å²) in [4.78, 5) is 13.8. The third-order valence-electron chi connectivity index (χ3n) is 4.43. The first-order valence-electron chi connectivity index (χ1n) is 8.60. The Morgan fingerprint density at radius 1 is 1.00 bits per heavy atom. The molecule has 4 nitrogen and oxygen atoms in total. The molecule has 24 heavy (non-hydrogen) atoms. The van der Waals surface area contributed by atoms with Gasteiger partial charge in [0.1, 0.15) is 0 Å². The fourth-order valence-corrected chi connectivity index (χ4v) is 3.20. The number of amides is 1. The first-order valence-corrected chi connectivity index (χ1v) is 8.60. The number of carbonyl (C=O) groups excluding carboxylic acids is 1. The number of carbonyl (C=O) groups is 1. The smallest absolute Gasteiger partial charge is 0.221 e. The lowest BCUT2D eigenvalue weighted by Crippen LogP contribution is -2.38. The zero-order valence-electron chi connectivity index (χ0n) is 14.2. The quantitative estimate of drug-likeness (QED) is 0.881. The van der Waals surface area contributed by atoms with Crippen LogP contribution in [0.25, 0.3) is 0 Å². The van der Waals surface area contributed by atoms with E-state index < -0.39 is 0 Å². The molecule has 1 heterocycles. The molecule has 0 spiro atoms. The molecule has 1 amide bonds. The molecule has 1 fully saturated rings. The molecule has 4 heteroatoms. The first-order chi connectivity index (χ1) is 11.7. The van der Waals surface area contributed by atoms with Crippen LogP contribution in [0.5, 0.6) is 0 Å². The minimum Gasteiger partial charge on any atom is -0.381 e. The fourth-order valence-electron chi connectivity index (χ4n) is 3.20. The van der Waals surface area contributed by atoms with Gasteiger partial charge in [-0.15, -0.1) is 0 Å². The van der Waals surface area contributed by atoms with Crippen LogP contribution < -0.4 is 10.6 Å². The Bertz CT molecular complexity index is 664. The summed E-state index contributed by atoms with van der Waals surface area (Å²) in [6.07, 6.45) is 2.22. The van der Waals surface area contributed by atoms with Crippen LogP contribution in [0.3, 0.4) is 0 Å². The highest BCUT2D eigenvalue weighted by Gasteiger charge is 2.19. The fraction of sp³-hybridized carbons (Fsp3) is 0.350. The van der Waals surface area contributed by atoms with Crippen molar-refractivity contribution >= 4 is 17.3 Å². The van der Waals surface area contributed by atoms with Crippen molar-refractivity contribution < 1.29 is 4.79 Å². The molecule has 0 atom stereocenters. The molecule has 126 valence electrons. The van der Waals surface area contributed by atoms with Crippen molar-refractivity contribution in [1.29, 1.82) is 0 Å². The summed E-state index contributed by atoms with van der Waals surface area (Å²) in [5, 5.41) is 6.49. The molecule has 0 bridgehead atoms. The van der Waals surface area contributed by atoms with Crippen molar-refractivity contribution in [2.24, 2.45) is 0 Å². The number of nitrogens with zero attached hydrogens (tertiary/aromatic N) is 1. The summed E-state index contributed by atoms with van der Waals surface area (Å²) in [5.41, 5.74) is 3.24. The summed E-state index contributed by atoms with van der Waals surface area (Å²) >= 11 is 0. The molecule has 0 aromatic heterocycles. The normalized spacial score (nSPS) is 15.9. The standard InChI is InChI=1S/C20H25N3O/c1-16(24)21-19-9-5-6-10-20(19)22-18-11-13-23(14-12-18)15-17-7-3-2-4-8-17/h2-10,18,22H,11-15H2,1H3,(H,21,24). The summed E-state index contributed by atoms with van der Waals surface area (Å²) in [6.45, 7) is 4.75. The molecule has 0 saturated carbocycles. The first kappa shape index (κ1) is 16.5. The average Bonchev–Trinajstić information content (AvgIpc) is 2.59. The lowest BCUT2D eigenvalue weighted by molar-refractivity contribution is -0.114. The van der Waals surface area contributed by atoms with Gasteiger partial charge in [0.2, 0.25) is 5.91 Å². The van der Waals surface area contributed by atoms with E-state index in [-0.39, 0.29) is 5.91 Å². The molecule has 1 saturated heterocycles. The van der Waals surface area contributed by atoms with E-state index in [1.807, 2.05) is 24.3 Å². The molecule has 2 aromatic rings. The zero-order valence-corrected chi connectivity index (χ0v) is 14.2. The van der Waals surface area contributed by atoms with Crippen molar-refractivity contribution in [3.8, 4) is 0 Å². The number of benzene rings is 2. The average molecular weight is 323 g/mol. The highest BCUT2D eigenvalue weighted by molar-refractivity contribution is 5.92. The second kappa shape index (κ2) is 7.97. The van der Waals surface area contributed by atoms with Gasteiger partial charge in [-0.2, -0.15) is 0 Å². The lowest BCUT2D eigenvalue weighted by Gasteiger charge is -2.33. The second-order valence-electron chi connectivity index (χ2n) is 6.41. The van der Waals surface area contributed by atoms with E-state index in [2.05, 4.69) is 45.9 Å². The number of nitrogens with one attached hydrogen (secondary N) is 2. The van der Waals surface area contributed by atoms with Crippen molar-refractivity contribution in [1.82, 2.24) is 4.90 Å². The van der Waals surface area contributed by atoms with Crippen LogP contribution in [-0.4, -0.2) is 29.9 Å². The van der Waals surface area contributed by atoms with Gasteiger partial charge in [0, 0.05) is 32.6 Å². The number of piperidine rings is 1. The largest absolute Gasteiger partial charge is 0.381 e. The molecular formula is C20H25N3O. The second-order valence-corrected chi connectivity index (χ2v) is 6.41. The summed E-state index contributed by atoms with van der Waals surface area (Å²) in [5.74, 6) is -0.0399. The van der Waals surface area contributed by atoms with Gasteiger partial charge in [0.15, 0.2) is 0 Å². The molecule has 1 aliphatic heterocycles. The highest BCUT2D eigenvalue weighted by atomic mass is 16.1. The molecule has 0 radical (unpaired) electrons. The third-order valence-corrected chi connectivity index (χ3v) is 4.43. The van der Waals surface area contributed by atoms with E-state index in [4.69, 9.17) is 0 Å². The van der Waals surface area contributed by atoms with Gasteiger partial charge in [-0.1, -0.05) is 42.5 Å². The number of para-hydroxylation sites is 2. The van der Waals surface area contributed by atoms with Crippen molar-refractivity contribution in [3.05, 3.63) is 60.2 Å². The minimum absolute atomic E-state index is 0.0399. The number of hydrogen-bond acceptors (Lipinski definition) is 3. The molecule has 2 N–H and O–H groups in total. The maximum Gasteiger partial charge on any atom is 0.221 e. The van der Waals surface area contributed by atoms with Crippen molar-refractivity contribution in [2.75, 3.05) is 23.7 Å². The summed E-state index contributed by atoms with van der Waals surface area (Å²) < 4.78 is 0. The Kier molecular flexibility index (Phi) is 5.49. The Morgan fingerprint density at radius 2 is 1.62 bits per heavy atom. The predicted octanol–water partition coefficient (Wildman–Crippen LogP) is 3.72. The Hall–Kier alpha value is -2.33. The van der Waals surface area contributed by atoms with Gasteiger partial charge in [-0.05, 0) is 30.5 Å². The van der Waals surface area contributed by atoms with E-state index in [9.17, 15) is 4.79 Å². The van der Waals surface area contributed by atoms with Crippen LogP contribution in [0.2, 0.25) is 0 Å². The van der Waals surface area contributed by atoms with Gasteiger partial charge < -0.3 is 10.6 Å². The molecule has 3 rings (SSSR count). The summed E-state index contributed by atoms with van der Waals surface area (Å²) in [7, 11) is 0. The maximum atomic E-state index is 11.3. The number of hydrogen-bond donors (Lipinski definition) is 2. The maximum absolute atomic E-state index is 11.3. The van der Waals surface area contributed by atoms with E-state index >= 15 is 0 Å². The van der Waals surface area contributed by atoms with E-state index in [1.165, 1.54) is 5.56 Å². The SMILES string of the molecule is CC(=O)Nc1ccccc1NC1CCN(Cc2ccccc2)CC1. The van der Waals surface area contributed by atoms with Crippen LogP contribution >= 0.6 is 0 Å². The minimum atomic E-state index is -0.0399. The van der Waals surface area contributed by atoms with E-state index in [0.717, 1.165) is 43.9 Å². The lowest BCUT2D eigenvalue weighted by atomic mass is 10.0. The van der Waals surface area contributed by atoms with Gasteiger partial charge in [-0.3, -0.25) is 9.69 Å². The monoisotopic (exact) mass is 323 g/mol. The van der Waals surface area contributed by atoms with Crippen LogP contribution in [-0.2, 0) is 11.3 Å². The topological polar surface area (TPSA) is 44.4 Å². The molecule has 1 aliphatic rings. The Balaban J connectivity index is 1.53. The Morgan fingerprint density at radius 3 is 2.29 bits per heavy atom. The van der Waals surface area contributed by atoms with Gasteiger partial charge in [0.25, 0.3) is 0 Å².